The summed E-state index contributed by atoms with van der Waals surface area (Å²) < 4.78 is 19.2. The molecule has 0 aromatic heterocycles. The van der Waals surface area contributed by atoms with Gasteiger partial charge in [-0.1, -0.05) is 42.5 Å². The van der Waals surface area contributed by atoms with E-state index in [-0.39, 0.29) is 17.1 Å². The van der Waals surface area contributed by atoms with Crippen molar-refractivity contribution in [2.75, 3.05) is 11.5 Å². The highest BCUT2D eigenvalue weighted by Gasteiger charge is 2.47. The zero-order valence-corrected chi connectivity index (χ0v) is 17.1. The largest absolute Gasteiger partial charge is 0.507 e. The second kappa shape index (κ2) is 8.96. The van der Waals surface area contributed by atoms with Crippen LogP contribution < -0.4 is 9.64 Å². The molecule has 4 rings (SSSR count). The Morgan fingerprint density at radius 2 is 1.64 bits per heavy atom. The van der Waals surface area contributed by atoms with Crippen molar-refractivity contribution < 1.29 is 33.7 Å². The van der Waals surface area contributed by atoms with E-state index in [9.17, 15) is 23.9 Å². The molecular formula is C25H18FNO6. The molecule has 0 saturated carbocycles. The first-order valence-electron chi connectivity index (χ1n) is 9.93. The van der Waals surface area contributed by atoms with E-state index in [4.69, 9.17) is 9.84 Å². The van der Waals surface area contributed by atoms with Gasteiger partial charge in [-0.05, 0) is 42.0 Å². The Morgan fingerprint density at radius 1 is 0.939 bits per heavy atom. The fourth-order valence-electron chi connectivity index (χ4n) is 3.69. The summed E-state index contributed by atoms with van der Waals surface area (Å²) in [5.74, 6) is -3.61. The summed E-state index contributed by atoms with van der Waals surface area (Å²) >= 11 is 0. The van der Waals surface area contributed by atoms with Crippen LogP contribution in [0.15, 0.2) is 84.4 Å². The number of benzene rings is 3. The van der Waals surface area contributed by atoms with Gasteiger partial charge in [0, 0.05) is 11.3 Å². The number of aliphatic carboxylic acids is 1. The predicted molar refractivity (Wildman–Crippen MR) is 117 cm³/mol. The second-order valence-electron chi connectivity index (χ2n) is 7.27. The molecule has 3 aromatic rings. The third kappa shape index (κ3) is 4.31. The van der Waals surface area contributed by atoms with Crippen molar-refractivity contribution in [3.8, 4) is 5.75 Å². The molecule has 1 heterocycles. The summed E-state index contributed by atoms with van der Waals surface area (Å²) in [5.41, 5.74) is 0.774. The van der Waals surface area contributed by atoms with Gasteiger partial charge in [0.05, 0.1) is 11.6 Å². The minimum Gasteiger partial charge on any atom is -0.507 e. The number of aliphatic hydroxyl groups excluding tert-OH is 1. The molecule has 166 valence electrons. The summed E-state index contributed by atoms with van der Waals surface area (Å²) in [4.78, 5) is 37.9. The van der Waals surface area contributed by atoms with E-state index in [0.29, 0.717) is 16.8 Å². The number of carboxylic acids is 1. The summed E-state index contributed by atoms with van der Waals surface area (Å²) in [6, 6.07) is 18.6. The summed E-state index contributed by atoms with van der Waals surface area (Å²) in [6.45, 7) is -0.537. The van der Waals surface area contributed by atoms with Crippen molar-refractivity contribution in [2.24, 2.45) is 0 Å². The maximum Gasteiger partial charge on any atom is 0.341 e. The molecule has 0 spiro atoms. The van der Waals surface area contributed by atoms with Crippen LogP contribution in [0.5, 0.6) is 5.75 Å². The normalized spacial score (nSPS) is 17.2. The van der Waals surface area contributed by atoms with Crippen molar-refractivity contribution in [2.45, 2.75) is 6.04 Å². The fourth-order valence-corrected chi connectivity index (χ4v) is 3.69. The molecule has 3 aromatic carbocycles. The van der Waals surface area contributed by atoms with Crippen LogP contribution in [-0.2, 0) is 14.4 Å². The number of Topliss-reactive ketones (excluding diaryl/α,β-unsaturated/α-hetero) is 1. The summed E-state index contributed by atoms with van der Waals surface area (Å²) in [6.07, 6.45) is 0. The number of nitrogens with zero attached hydrogens (tertiary/aromatic N) is 1. The van der Waals surface area contributed by atoms with Crippen LogP contribution >= 0.6 is 0 Å². The first kappa shape index (κ1) is 21.8. The van der Waals surface area contributed by atoms with Crippen LogP contribution in [0.1, 0.15) is 17.2 Å². The highest BCUT2D eigenvalue weighted by molar-refractivity contribution is 6.51. The van der Waals surface area contributed by atoms with E-state index in [2.05, 4.69) is 0 Å². The SMILES string of the molecule is O=C(O)COc1ccc(N2C(=O)C(=O)C(=C(O)c3ccccc3)C2c2cccc(F)c2)cc1. The number of carboxylic acid groups (broad SMARTS) is 1. The average molecular weight is 447 g/mol. The molecule has 0 bridgehead atoms. The third-order valence-electron chi connectivity index (χ3n) is 5.13. The summed E-state index contributed by atoms with van der Waals surface area (Å²) in [7, 11) is 0. The maximum atomic E-state index is 14.1. The lowest BCUT2D eigenvalue weighted by Crippen LogP contribution is -2.29. The van der Waals surface area contributed by atoms with Crippen LogP contribution in [0.25, 0.3) is 5.76 Å². The first-order chi connectivity index (χ1) is 15.9. The van der Waals surface area contributed by atoms with E-state index in [1.807, 2.05) is 0 Å². The van der Waals surface area contributed by atoms with Gasteiger partial charge in [-0.3, -0.25) is 14.5 Å². The number of anilines is 1. The van der Waals surface area contributed by atoms with Gasteiger partial charge in [0.15, 0.2) is 6.61 Å². The number of amides is 1. The molecule has 1 amide bonds. The molecule has 1 aliphatic heterocycles. The Hall–Kier alpha value is -4.46. The lowest BCUT2D eigenvalue weighted by Gasteiger charge is -2.25. The second-order valence-corrected chi connectivity index (χ2v) is 7.27. The Bertz CT molecular complexity index is 1250. The monoisotopic (exact) mass is 447 g/mol. The molecule has 0 aliphatic carbocycles. The van der Waals surface area contributed by atoms with Crippen molar-refractivity contribution in [1.82, 2.24) is 0 Å². The average Bonchev–Trinajstić information content (AvgIpc) is 3.08. The van der Waals surface area contributed by atoms with E-state index in [0.717, 1.165) is 0 Å². The molecule has 1 fully saturated rings. The van der Waals surface area contributed by atoms with E-state index >= 15 is 0 Å². The topological polar surface area (TPSA) is 104 Å². The predicted octanol–water partition coefficient (Wildman–Crippen LogP) is 3.92. The molecule has 1 atom stereocenters. The smallest absolute Gasteiger partial charge is 0.341 e. The number of aliphatic hydroxyl groups is 1. The highest BCUT2D eigenvalue weighted by atomic mass is 19.1. The number of carbonyl (C=O) groups excluding carboxylic acids is 2. The minimum absolute atomic E-state index is 0.164. The van der Waals surface area contributed by atoms with Gasteiger partial charge in [0.25, 0.3) is 11.7 Å². The van der Waals surface area contributed by atoms with Gasteiger partial charge in [0.1, 0.15) is 17.3 Å². The molecule has 7 nitrogen and oxygen atoms in total. The Balaban J connectivity index is 1.83. The molecular weight excluding hydrogens is 429 g/mol. The maximum absolute atomic E-state index is 14.1. The standard InChI is InChI=1S/C25H18FNO6/c26-17-8-4-7-16(13-17)22-21(23(30)15-5-2-1-3-6-15)24(31)25(32)27(22)18-9-11-19(12-10-18)33-14-20(28)29/h1-13,22,30H,14H2,(H,28,29). The zero-order valence-electron chi connectivity index (χ0n) is 17.1. The number of rotatable bonds is 6. The van der Waals surface area contributed by atoms with Crippen LogP contribution in [0, 0.1) is 5.82 Å². The molecule has 8 heteroatoms. The van der Waals surface area contributed by atoms with Crippen molar-refractivity contribution >= 4 is 29.1 Å². The Labute approximate surface area is 188 Å². The van der Waals surface area contributed by atoms with Gasteiger partial charge in [-0.2, -0.15) is 0 Å². The third-order valence-corrected chi connectivity index (χ3v) is 5.13. The highest BCUT2D eigenvalue weighted by Crippen LogP contribution is 2.42. The Morgan fingerprint density at radius 3 is 2.27 bits per heavy atom. The van der Waals surface area contributed by atoms with Crippen molar-refractivity contribution in [1.29, 1.82) is 0 Å². The molecule has 1 saturated heterocycles. The van der Waals surface area contributed by atoms with Gasteiger partial charge >= 0.3 is 5.97 Å². The van der Waals surface area contributed by atoms with Crippen LogP contribution in [0.4, 0.5) is 10.1 Å². The van der Waals surface area contributed by atoms with Crippen LogP contribution in [0.2, 0.25) is 0 Å². The fraction of sp³-hybridized carbons (Fsp3) is 0.0800. The van der Waals surface area contributed by atoms with E-state index in [1.165, 1.54) is 47.4 Å². The quantitative estimate of drug-likeness (QED) is 0.337. The molecule has 1 aliphatic rings. The van der Waals surface area contributed by atoms with Gasteiger partial charge in [-0.15, -0.1) is 0 Å². The minimum atomic E-state index is -1.14. The number of halogens is 1. The number of ether oxygens (including phenoxy) is 1. The van der Waals surface area contributed by atoms with Gasteiger partial charge < -0.3 is 14.9 Å². The number of hydrogen-bond acceptors (Lipinski definition) is 5. The number of ketones is 1. The van der Waals surface area contributed by atoms with Crippen LogP contribution in [0.3, 0.4) is 0 Å². The van der Waals surface area contributed by atoms with E-state index < -0.39 is 36.1 Å². The first-order valence-corrected chi connectivity index (χ1v) is 9.93. The molecule has 33 heavy (non-hydrogen) atoms. The van der Waals surface area contributed by atoms with Gasteiger partial charge in [0.2, 0.25) is 0 Å². The molecule has 1 unspecified atom stereocenters. The molecule has 2 N–H and O–H groups in total. The van der Waals surface area contributed by atoms with Crippen molar-refractivity contribution in [3.05, 3.63) is 101 Å². The Kier molecular flexibility index (Phi) is 5.91. The van der Waals surface area contributed by atoms with Crippen LogP contribution in [-0.4, -0.2) is 34.5 Å². The lowest BCUT2D eigenvalue weighted by molar-refractivity contribution is -0.139. The van der Waals surface area contributed by atoms with E-state index in [1.54, 1.807) is 36.4 Å². The zero-order chi connectivity index (χ0) is 23.5. The number of carbonyl (C=O) groups is 3. The van der Waals surface area contributed by atoms with Crippen molar-refractivity contribution in [3.63, 3.8) is 0 Å². The lowest BCUT2D eigenvalue weighted by atomic mass is 9.95. The number of hydrogen-bond donors (Lipinski definition) is 2. The summed E-state index contributed by atoms with van der Waals surface area (Å²) in [5, 5.41) is 19.7. The molecule has 0 radical (unpaired) electrons. The van der Waals surface area contributed by atoms with Gasteiger partial charge in [-0.25, -0.2) is 9.18 Å².